The van der Waals surface area contributed by atoms with E-state index in [1.54, 1.807) is 0 Å². The van der Waals surface area contributed by atoms with Crippen molar-refractivity contribution in [3.8, 4) is 0 Å². The Balaban J connectivity index is 4.20. The first-order valence-corrected chi connectivity index (χ1v) is 6.04. The van der Waals surface area contributed by atoms with E-state index in [1.807, 2.05) is 6.92 Å². The monoisotopic (exact) mass is 228 g/mol. The van der Waals surface area contributed by atoms with E-state index in [0.29, 0.717) is 19.4 Å². The largest absolute Gasteiger partial charge is 0.330 e. The van der Waals surface area contributed by atoms with E-state index in [1.165, 1.54) is 6.92 Å². The lowest BCUT2D eigenvalue weighted by Gasteiger charge is -2.16. The molecule has 0 saturated heterocycles. The summed E-state index contributed by atoms with van der Waals surface area (Å²) in [4.78, 5) is 23.2. The molecule has 94 valence electrons. The molecule has 2 atom stereocenters. The average Bonchev–Trinajstić information content (AvgIpc) is 2.24. The zero-order chi connectivity index (χ0) is 12.6. The van der Waals surface area contributed by atoms with Crippen molar-refractivity contribution in [3.05, 3.63) is 0 Å². The maximum atomic E-state index is 11.9. The Hall–Kier alpha value is -0.740. The highest BCUT2D eigenvalue weighted by Gasteiger charge is 2.26. The second kappa shape index (κ2) is 8.42. The van der Waals surface area contributed by atoms with Gasteiger partial charge in [0.2, 0.25) is 0 Å². The summed E-state index contributed by atoms with van der Waals surface area (Å²) in [5, 5.41) is 0. The molecule has 0 amide bonds. The first kappa shape index (κ1) is 15.3. The fourth-order valence-corrected chi connectivity index (χ4v) is 1.74. The van der Waals surface area contributed by atoms with Crippen molar-refractivity contribution in [1.29, 1.82) is 0 Å². The smallest absolute Gasteiger partial charge is 0.159 e. The van der Waals surface area contributed by atoms with Crippen LogP contribution in [0.4, 0.5) is 0 Å². The highest BCUT2D eigenvalue weighted by atomic mass is 16.2. The van der Waals surface area contributed by atoms with Gasteiger partial charge >= 0.3 is 0 Å². The van der Waals surface area contributed by atoms with Crippen molar-refractivity contribution in [1.82, 2.24) is 0 Å². The van der Waals surface area contributed by atoms with Crippen LogP contribution in [0.3, 0.4) is 0 Å². The predicted octanol–water partition coefficient (Wildman–Crippen LogP) is 1.02. The second-order valence-corrected chi connectivity index (χ2v) is 4.25. The van der Waals surface area contributed by atoms with E-state index < -0.39 is 12.0 Å². The number of hydrogen-bond acceptors (Lipinski definition) is 4. The Morgan fingerprint density at radius 3 is 2.25 bits per heavy atom. The highest BCUT2D eigenvalue weighted by molar-refractivity contribution is 6.03. The number of Topliss-reactive ketones (excluding diaryl/α,β-unsaturated/α-hetero) is 2. The zero-order valence-electron chi connectivity index (χ0n) is 10.4. The number of nitrogens with two attached hydrogens (primary N) is 2. The molecule has 0 rings (SSSR count). The van der Waals surface area contributed by atoms with Gasteiger partial charge in [-0.2, -0.15) is 0 Å². The average molecular weight is 228 g/mol. The van der Waals surface area contributed by atoms with Crippen LogP contribution in [0.1, 0.15) is 46.0 Å². The number of carbonyl (C=O) groups excluding carboxylic acids is 2. The molecule has 0 aliphatic heterocycles. The molecule has 0 aromatic rings. The summed E-state index contributed by atoms with van der Waals surface area (Å²) in [5.74, 6) is -0.676. The van der Waals surface area contributed by atoms with Gasteiger partial charge in [-0.1, -0.05) is 19.8 Å². The minimum absolute atomic E-state index is 0.0684. The van der Waals surface area contributed by atoms with Gasteiger partial charge in [-0.3, -0.25) is 9.59 Å². The van der Waals surface area contributed by atoms with Crippen molar-refractivity contribution in [2.45, 2.75) is 52.0 Å². The lowest BCUT2D eigenvalue weighted by atomic mass is 9.89. The standard InChI is InChI=1S/C12H24N2O2/c1-3-6-10(9(2)15)12(16)11(14)7-4-5-8-13/h10-11H,3-8,13-14H2,1-2H3/t10?,11-/m0/s1. The normalized spacial score (nSPS) is 14.5. The van der Waals surface area contributed by atoms with Crippen LogP contribution in [0.2, 0.25) is 0 Å². The van der Waals surface area contributed by atoms with Crippen molar-refractivity contribution >= 4 is 11.6 Å². The van der Waals surface area contributed by atoms with Crippen LogP contribution in [0.15, 0.2) is 0 Å². The fraction of sp³-hybridized carbons (Fsp3) is 0.833. The summed E-state index contributed by atoms with van der Waals surface area (Å²) in [5.41, 5.74) is 11.2. The third-order valence-electron chi connectivity index (χ3n) is 2.75. The summed E-state index contributed by atoms with van der Waals surface area (Å²) in [7, 11) is 0. The third kappa shape index (κ3) is 5.37. The van der Waals surface area contributed by atoms with E-state index >= 15 is 0 Å². The zero-order valence-corrected chi connectivity index (χ0v) is 10.4. The van der Waals surface area contributed by atoms with Crippen molar-refractivity contribution in [2.24, 2.45) is 17.4 Å². The van der Waals surface area contributed by atoms with Crippen LogP contribution in [0, 0.1) is 5.92 Å². The molecule has 4 heteroatoms. The molecule has 0 heterocycles. The molecule has 4 nitrogen and oxygen atoms in total. The molecule has 0 fully saturated rings. The lowest BCUT2D eigenvalue weighted by molar-refractivity contribution is -0.132. The summed E-state index contributed by atoms with van der Waals surface area (Å²) in [6.07, 6.45) is 3.79. The predicted molar refractivity (Wildman–Crippen MR) is 65.0 cm³/mol. The topological polar surface area (TPSA) is 86.2 Å². The van der Waals surface area contributed by atoms with Crippen molar-refractivity contribution < 1.29 is 9.59 Å². The second-order valence-electron chi connectivity index (χ2n) is 4.25. The molecule has 0 aromatic carbocycles. The Labute approximate surface area is 97.8 Å². The van der Waals surface area contributed by atoms with E-state index in [0.717, 1.165) is 19.3 Å². The molecule has 4 N–H and O–H groups in total. The van der Waals surface area contributed by atoms with E-state index in [2.05, 4.69) is 0 Å². The maximum Gasteiger partial charge on any atom is 0.159 e. The maximum absolute atomic E-state index is 11.9. The minimum Gasteiger partial charge on any atom is -0.330 e. The van der Waals surface area contributed by atoms with Gasteiger partial charge in [0.15, 0.2) is 5.78 Å². The summed E-state index contributed by atoms with van der Waals surface area (Å²) in [6.45, 7) is 4.04. The molecule has 0 aliphatic rings. The number of unbranched alkanes of at least 4 members (excludes halogenated alkanes) is 1. The van der Waals surface area contributed by atoms with Crippen LogP contribution in [0.5, 0.6) is 0 Å². The first-order chi connectivity index (χ1) is 7.54. The number of ketones is 2. The van der Waals surface area contributed by atoms with Gasteiger partial charge in [0, 0.05) is 0 Å². The third-order valence-corrected chi connectivity index (χ3v) is 2.75. The van der Waals surface area contributed by atoms with Crippen LogP contribution < -0.4 is 11.5 Å². The number of hydrogen-bond donors (Lipinski definition) is 2. The molecule has 0 spiro atoms. The Bertz CT molecular complexity index is 229. The first-order valence-electron chi connectivity index (χ1n) is 6.04. The molecular formula is C12H24N2O2. The van der Waals surface area contributed by atoms with E-state index in [9.17, 15) is 9.59 Å². The summed E-state index contributed by atoms with van der Waals surface area (Å²) in [6, 6.07) is -0.507. The van der Waals surface area contributed by atoms with Crippen LogP contribution in [-0.2, 0) is 9.59 Å². The fourth-order valence-electron chi connectivity index (χ4n) is 1.74. The quantitative estimate of drug-likeness (QED) is 0.455. The van der Waals surface area contributed by atoms with Gasteiger partial charge in [-0.15, -0.1) is 0 Å². The summed E-state index contributed by atoms with van der Waals surface area (Å²) >= 11 is 0. The molecule has 0 saturated carbocycles. The van der Waals surface area contributed by atoms with Gasteiger partial charge in [0.1, 0.15) is 5.78 Å². The Kier molecular flexibility index (Phi) is 8.03. The van der Waals surface area contributed by atoms with Gasteiger partial charge in [-0.05, 0) is 32.7 Å². The van der Waals surface area contributed by atoms with E-state index in [4.69, 9.17) is 11.5 Å². The van der Waals surface area contributed by atoms with E-state index in [-0.39, 0.29) is 11.6 Å². The molecule has 16 heavy (non-hydrogen) atoms. The molecule has 1 unspecified atom stereocenters. The lowest BCUT2D eigenvalue weighted by Crippen LogP contribution is -2.38. The molecular weight excluding hydrogens is 204 g/mol. The SMILES string of the molecule is CCCC(C(C)=O)C(=O)[C@@H](N)CCCCN. The van der Waals surface area contributed by atoms with Crippen LogP contribution in [-0.4, -0.2) is 24.2 Å². The van der Waals surface area contributed by atoms with Gasteiger partial charge < -0.3 is 11.5 Å². The number of carbonyl (C=O) groups is 2. The number of rotatable bonds is 9. The van der Waals surface area contributed by atoms with Gasteiger partial charge in [-0.25, -0.2) is 0 Å². The van der Waals surface area contributed by atoms with Crippen LogP contribution in [0.25, 0.3) is 0 Å². The molecule has 0 bridgehead atoms. The molecule has 0 radical (unpaired) electrons. The van der Waals surface area contributed by atoms with Gasteiger partial charge in [0.25, 0.3) is 0 Å². The minimum atomic E-state index is -0.507. The van der Waals surface area contributed by atoms with Crippen LogP contribution >= 0.6 is 0 Å². The molecule has 0 aliphatic carbocycles. The highest BCUT2D eigenvalue weighted by Crippen LogP contribution is 2.13. The van der Waals surface area contributed by atoms with Crippen molar-refractivity contribution in [2.75, 3.05) is 6.54 Å². The Morgan fingerprint density at radius 1 is 1.19 bits per heavy atom. The van der Waals surface area contributed by atoms with Crippen molar-refractivity contribution in [3.63, 3.8) is 0 Å². The van der Waals surface area contributed by atoms with Gasteiger partial charge in [0.05, 0.1) is 12.0 Å². The Morgan fingerprint density at radius 2 is 1.81 bits per heavy atom. The molecule has 0 aromatic heterocycles. The summed E-state index contributed by atoms with van der Waals surface area (Å²) < 4.78 is 0.